The van der Waals surface area contributed by atoms with E-state index < -0.39 is 0 Å². The van der Waals surface area contributed by atoms with Gasteiger partial charge in [-0.2, -0.15) is 0 Å². The molecule has 0 aliphatic rings. The SMILES string of the molecule is CN[C@H](CO)c1ccc(Cl)s1. The third-order valence-electron chi connectivity index (χ3n) is 1.47. The Bertz CT molecular complexity index is 222. The summed E-state index contributed by atoms with van der Waals surface area (Å²) in [7, 11) is 1.81. The van der Waals surface area contributed by atoms with E-state index in [2.05, 4.69) is 5.32 Å². The van der Waals surface area contributed by atoms with Gasteiger partial charge in [0.1, 0.15) is 0 Å². The first-order chi connectivity index (χ1) is 5.27. The van der Waals surface area contributed by atoms with Crippen molar-refractivity contribution in [2.75, 3.05) is 13.7 Å². The van der Waals surface area contributed by atoms with Crippen molar-refractivity contribution in [3.63, 3.8) is 0 Å². The number of aliphatic hydroxyl groups is 1. The van der Waals surface area contributed by atoms with Crippen LogP contribution in [0.2, 0.25) is 4.34 Å². The Labute approximate surface area is 74.8 Å². The molecule has 62 valence electrons. The third-order valence-corrected chi connectivity index (χ3v) is 2.81. The van der Waals surface area contributed by atoms with E-state index in [0.717, 1.165) is 9.21 Å². The van der Waals surface area contributed by atoms with Crippen LogP contribution in [0.5, 0.6) is 0 Å². The Morgan fingerprint density at radius 2 is 2.45 bits per heavy atom. The first-order valence-electron chi connectivity index (χ1n) is 3.31. The molecule has 0 radical (unpaired) electrons. The fourth-order valence-electron chi connectivity index (χ4n) is 0.839. The van der Waals surface area contributed by atoms with Gasteiger partial charge in [-0.1, -0.05) is 11.6 Å². The largest absolute Gasteiger partial charge is 0.394 e. The maximum atomic E-state index is 8.89. The van der Waals surface area contributed by atoms with Gasteiger partial charge in [-0.15, -0.1) is 11.3 Å². The van der Waals surface area contributed by atoms with Crippen molar-refractivity contribution in [3.05, 3.63) is 21.3 Å². The maximum Gasteiger partial charge on any atom is 0.0931 e. The lowest BCUT2D eigenvalue weighted by Gasteiger charge is -2.09. The van der Waals surface area contributed by atoms with E-state index in [1.54, 1.807) is 0 Å². The number of hydrogen-bond donors (Lipinski definition) is 2. The van der Waals surface area contributed by atoms with Crippen LogP contribution in [-0.2, 0) is 0 Å². The third kappa shape index (κ3) is 2.17. The number of rotatable bonds is 3. The van der Waals surface area contributed by atoms with E-state index in [0.29, 0.717) is 0 Å². The maximum absolute atomic E-state index is 8.89. The van der Waals surface area contributed by atoms with Gasteiger partial charge in [-0.25, -0.2) is 0 Å². The lowest BCUT2D eigenvalue weighted by Crippen LogP contribution is -2.18. The summed E-state index contributed by atoms with van der Waals surface area (Å²) >= 11 is 7.22. The molecule has 1 rings (SSSR count). The van der Waals surface area contributed by atoms with Crippen molar-refractivity contribution >= 4 is 22.9 Å². The normalized spacial score (nSPS) is 13.4. The van der Waals surface area contributed by atoms with E-state index in [1.165, 1.54) is 11.3 Å². The summed E-state index contributed by atoms with van der Waals surface area (Å²) in [6, 6.07) is 3.78. The molecule has 0 unspecified atom stereocenters. The van der Waals surface area contributed by atoms with Crippen LogP contribution in [0.3, 0.4) is 0 Å². The fraction of sp³-hybridized carbons (Fsp3) is 0.429. The van der Waals surface area contributed by atoms with Crippen molar-refractivity contribution in [3.8, 4) is 0 Å². The van der Waals surface area contributed by atoms with Crippen LogP contribution < -0.4 is 5.32 Å². The Hall–Kier alpha value is -0.0900. The summed E-state index contributed by atoms with van der Waals surface area (Å²) in [5, 5.41) is 11.9. The van der Waals surface area contributed by atoms with Gasteiger partial charge in [-0.3, -0.25) is 0 Å². The molecular weight excluding hydrogens is 182 g/mol. The van der Waals surface area contributed by atoms with Crippen LogP contribution in [0.1, 0.15) is 10.9 Å². The summed E-state index contributed by atoms with van der Waals surface area (Å²) in [6.07, 6.45) is 0. The van der Waals surface area contributed by atoms with E-state index in [-0.39, 0.29) is 12.6 Å². The molecule has 4 heteroatoms. The van der Waals surface area contributed by atoms with Crippen LogP contribution in [0.25, 0.3) is 0 Å². The second kappa shape index (κ2) is 4.07. The average Bonchev–Trinajstić information content (AvgIpc) is 2.39. The number of hydrogen-bond acceptors (Lipinski definition) is 3. The fourth-order valence-corrected chi connectivity index (χ4v) is 2.00. The van der Waals surface area contributed by atoms with Gasteiger partial charge in [0.05, 0.1) is 17.0 Å². The van der Waals surface area contributed by atoms with Gasteiger partial charge in [0.2, 0.25) is 0 Å². The van der Waals surface area contributed by atoms with E-state index in [1.807, 2.05) is 19.2 Å². The standard InChI is InChI=1S/C7H10ClNOS/c1-9-5(4-10)6-2-3-7(8)11-6/h2-3,5,9-10H,4H2,1H3/t5-/m1/s1. The molecule has 0 amide bonds. The highest BCUT2D eigenvalue weighted by Gasteiger charge is 2.08. The highest BCUT2D eigenvalue weighted by molar-refractivity contribution is 7.16. The molecule has 2 N–H and O–H groups in total. The van der Waals surface area contributed by atoms with Gasteiger partial charge in [0.25, 0.3) is 0 Å². The minimum absolute atomic E-state index is 0.0208. The predicted octanol–water partition coefficient (Wildman–Crippen LogP) is 1.65. The molecule has 0 aliphatic carbocycles. The molecule has 11 heavy (non-hydrogen) atoms. The monoisotopic (exact) mass is 191 g/mol. The summed E-state index contributed by atoms with van der Waals surface area (Å²) in [6.45, 7) is 0.105. The lowest BCUT2D eigenvalue weighted by molar-refractivity contribution is 0.253. The second-order valence-corrected chi connectivity index (χ2v) is 3.91. The lowest BCUT2D eigenvalue weighted by atomic mass is 10.2. The highest BCUT2D eigenvalue weighted by atomic mass is 35.5. The number of halogens is 1. The number of likely N-dealkylation sites (N-methyl/N-ethyl adjacent to an activating group) is 1. The van der Waals surface area contributed by atoms with Gasteiger partial charge in [-0.05, 0) is 19.2 Å². The van der Waals surface area contributed by atoms with Crippen molar-refractivity contribution < 1.29 is 5.11 Å². The van der Waals surface area contributed by atoms with Crippen LogP contribution >= 0.6 is 22.9 Å². The van der Waals surface area contributed by atoms with Crippen LogP contribution in [0.4, 0.5) is 0 Å². The molecule has 0 saturated carbocycles. The number of aliphatic hydroxyl groups excluding tert-OH is 1. The zero-order chi connectivity index (χ0) is 8.27. The molecule has 1 heterocycles. The molecule has 2 nitrogen and oxygen atoms in total. The molecular formula is C7H10ClNOS. The topological polar surface area (TPSA) is 32.3 Å². The van der Waals surface area contributed by atoms with Crippen molar-refractivity contribution in [2.24, 2.45) is 0 Å². The first kappa shape index (κ1) is 9.00. The molecule has 0 bridgehead atoms. The Kier molecular flexibility index (Phi) is 3.33. The van der Waals surface area contributed by atoms with Gasteiger partial charge in [0.15, 0.2) is 0 Å². The van der Waals surface area contributed by atoms with Crippen LogP contribution in [0, 0.1) is 0 Å². The quantitative estimate of drug-likeness (QED) is 0.762. The molecule has 0 fully saturated rings. The van der Waals surface area contributed by atoms with Crippen LogP contribution in [0.15, 0.2) is 12.1 Å². The Balaban J connectivity index is 2.73. The van der Waals surface area contributed by atoms with Crippen molar-refractivity contribution in [2.45, 2.75) is 6.04 Å². The van der Waals surface area contributed by atoms with Gasteiger partial charge < -0.3 is 10.4 Å². The summed E-state index contributed by atoms with van der Waals surface area (Å²) in [5.41, 5.74) is 0. The number of thiophene rings is 1. The molecule has 1 aromatic heterocycles. The molecule has 0 aromatic carbocycles. The zero-order valence-corrected chi connectivity index (χ0v) is 7.75. The number of nitrogens with one attached hydrogen (secondary N) is 1. The molecule has 1 aromatic rings. The van der Waals surface area contributed by atoms with Gasteiger partial charge in [0, 0.05) is 4.88 Å². The van der Waals surface area contributed by atoms with Crippen LogP contribution in [-0.4, -0.2) is 18.8 Å². The minimum Gasteiger partial charge on any atom is -0.394 e. The average molecular weight is 192 g/mol. The summed E-state index contributed by atoms with van der Waals surface area (Å²) < 4.78 is 0.758. The summed E-state index contributed by atoms with van der Waals surface area (Å²) in [5.74, 6) is 0. The molecule has 0 saturated heterocycles. The smallest absolute Gasteiger partial charge is 0.0931 e. The Morgan fingerprint density at radius 3 is 2.82 bits per heavy atom. The van der Waals surface area contributed by atoms with E-state index >= 15 is 0 Å². The summed E-state index contributed by atoms with van der Waals surface area (Å²) in [4.78, 5) is 1.07. The highest BCUT2D eigenvalue weighted by Crippen LogP contribution is 2.26. The Morgan fingerprint density at radius 1 is 1.73 bits per heavy atom. The first-order valence-corrected chi connectivity index (χ1v) is 4.50. The van der Waals surface area contributed by atoms with E-state index in [9.17, 15) is 0 Å². The predicted molar refractivity (Wildman–Crippen MR) is 48.2 cm³/mol. The van der Waals surface area contributed by atoms with Gasteiger partial charge >= 0.3 is 0 Å². The molecule has 1 atom stereocenters. The molecule has 0 aliphatic heterocycles. The van der Waals surface area contributed by atoms with Crippen molar-refractivity contribution in [1.82, 2.24) is 5.32 Å². The minimum atomic E-state index is 0.0208. The van der Waals surface area contributed by atoms with E-state index in [4.69, 9.17) is 16.7 Å². The molecule has 0 spiro atoms. The van der Waals surface area contributed by atoms with Crippen molar-refractivity contribution in [1.29, 1.82) is 0 Å². The second-order valence-electron chi connectivity index (χ2n) is 2.17. The zero-order valence-electron chi connectivity index (χ0n) is 6.17.